The predicted octanol–water partition coefficient (Wildman–Crippen LogP) is 18.1. The van der Waals surface area contributed by atoms with Crippen molar-refractivity contribution in [2.24, 2.45) is 23.7 Å². The summed E-state index contributed by atoms with van der Waals surface area (Å²) in [5, 5.41) is 10.5. The molecule has 0 rings (SSSR count). The quantitative estimate of drug-likeness (QED) is 0.0222. The number of rotatable bonds is 63. The van der Waals surface area contributed by atoms with Gasteiger partial charge in [-0.15, -0.1) is 0 Å². The second-order valence-corrected chi connectivity index (χ2v) is 28.4. The molecule has 17 nitrogen and oxygen atoms in total. The molecule has 0 aromatic carbocycles. The highest BCUT2D eigenvalue weighted by Gasteiger charge is 2.30. The Kier molecular flexibility index (Phi) is 54.8. The lowest BCUT2D eigenvalue weighted by Crippen LogP contribution is -2.30. The van der Waals surface area contributed by atoms with Crippen molar-refractivity contribution >= 4 is 39.5 Å². The maximum atomic E-state index is 13.0. The molecule has 0 saturated heterocycles. The molecule has 0 aliphatic heterocycles. The molecule has 85 heavy (non-hydrogen) atoms. The van der Waals surface area contributed by atoms with E-state index in [0.29, 0.717) is 31.6 Å². The number of unbranched alkanes of at least 4 members (excludes halogenated alkanes) is 28. The van der Waals surface area contributed by atoms with E-state index in [1.807, 2.05) is 0 Å². The molecule has 0 bridgehead atoms. The van der Waals surface area contributed by atoms with E-state index in [9.17, 15) is 43.2 Å². The lowest BCUT2D eigenvalue weighted by molar-refractivity contribution is -0.161. The van der Waals surface area contributed by atoms with E-state index in [2.05, 4.69) is 55.4 Å². The normalized spacial score (nSPS) is 14.7. The van der Waals surface area contributed by atoms with Gasteiger partial charge in [0.2, 0.25) is 0 Å². The SMILES string of the molecule is CCC(C)CCCCCCCCC(=O)O[C@H](COC(=O)CCCCCCCCC(C)C)COP(=O)(O)OC[C@H](O)COP(=O)(O)OC[C@@H](COC(=O)CCCCCCCCCCCC(C)C)OC(=O)CCCCCCCCCCCCCC(C)C. The van der Waals surface area contributed by atoms with Crippen molar-refractivity contribution in [3.8, 4) is 0 Å². The van der Waals surface area contributed by atoms with Crippen molar-refractivity contribution in [2.75, 3.05) is 39.6 Å². The number of aliphatic hydroxyl groups excluding tert-OH is 1. The van der Waals surface area contributed by atoms with Gasteiger partial charge in [0.05, 0.1) is 26.4 Å². The first-order valence-electron chi connectivity index (χ1n) is 34.2. The Labute approximate surface area is 517 Å². The van der Waals surface area contributed by atoms with Crippen LogP contribution in [0.5, 0.6) is 0 Å². The summed E-state index contributed by atoms with van der Waals surface area (Å²) in [6, 6.07) is 0. The van der Waals surface area contributed by atoms with Crippen LogP contribution in [0.1, 0.15) is 319 Å². The van der Waals surface area contributed by atoms with Gasteiger partial charge in [-0.1, -0.05) is 267 Å². The molecular formula is C66H128O17P2. The lowest BCUT2D eigenvalue weighted by Gasteiger charge is -2.21. The van der Waals surface area contributed by atoms with E-state index >= 15 is 0 Å². The molecule has 0 fully saturated rings. The molecule has 3 N–H and O–H groups in total. The summed E-state index contributed by atoms with van der Waals surface area (Å²) >= 11 is 0. The van der Waals surface area contributed by atoms with Crippen LogP contribution in [0.15, 0.2) is 0 Å². The second kappa shape index (κ2) is 56.1. The first kappa shape index (κ1) is 83.1. The fourth-order valence-corrected chi connectivity index (χ4v) is 11.3. The van der Waals surface area contributed by atoms with E-state index in [-0.39, 0.29) is 25.7 Å². The Morgan fingerprint density at radius 1 is 0.329 bits per heavy atom. The molecular weight excluding hydrogens is 1130 g/mol. The highest BCUT2D eigenvalue weighted by molar-refractivity contribution is 7.47. The Morgan fingerprint density at radius 2 is 0.565 bits per heavy atom. The summed E-state index contributed by atoms with van der Waals surface area (Å²) in [7, 11) is -9.89. The first-order chi connectivity index (χ1) is 40.6. The number of phosphoric ester groups is 2. The molecule has 6 atom stereocenters. The molecule has 0 saturated carbocycles. The minimum atomic E-state index is -4.95. The molecule has 0 spiro atoms. The molecule has 0 aromatic heterocycles. The lowest BCUT2D eigenvalue weighted by atomic mass is 10.00. The molecule has 0 aromatic rings. The summed E-state index contributed by atoms with van der Waals surface area (Å²) in [6.45, 7) is 14.0. The third kappa shape index (κ3) is 59.5. The van der Waals surface area contributed by atoms with Crippen LogP contribution in [0, 0.1) is 23.7 Å². The fourth-order valence-electron chi connectivity index (χ4n) is 9.75. The van der Waals surface area contributed by atoms with Gasteiger partial charge in [-0.3, -0.25) is 37.3 Å². The molecule has 0 amide bonds. The first-order valence-corrected chi connectivity index (χ1v) is 37.2. The van der Waals surface area contributed by atoms with Crippen LogP contribution in [0.2, 0.25) is 0 Å². The zero-order valence-electron chi connectivity index (χ0n) is 55.2. The van der Waals surface area contributed by atoms with Crippen LogP contribution < -0.4 is 0 Å². The smallest absolute Gasteiger partial charge is 0.462 e. The van der Waals surface area contributed by atoms with Gasteiger partial charge in [0.15, 0.2) is 12.2 Å². The number of carbonyl (C=O) groups is 4. The van der Waals surface area contributed by atoms with Crippen LogP contribution in [0.3, 0.4) is 0 Å². The largest absolute Gasteiger partial charge is 0.472 e. The van der Waals surface area contributed by atoms with Crippen molar-refractivity contribution in [1.29, 1.82) is 0 Å². The van der Waals surface area contributed by atoms with E-state index in [1.165, 1.54) is 116 Å². The fraction of sp³-hybridized carbons (Fsp3) is 0.939. The summed E-state index contributed by atoms with van der Waals surface area (Å²) in [5.41, 5.74) is 0. The summed E-state index contributed by atoms with van der Waals surface area (Å²) in [5.74, 6) is 0.769. The van der Waals surface area contributed by atoms with E-state index in [0.717, 1.165) is 114 Å². The summed E-state index contributed by atoms with van der Waals surface area (Å²) in [4.78, 5) is 72.3. The summed E-state index contributed by atoms with van der Waals surface area (Å²) < 4.78 is 68.1. The van der Waals surface area contributed by atoms with Crippen LogP contribution in [-0.2, 0) is 65.4 Å². The van der Waals surface area contributed by atoms with Gasteiger partial charge in [-0.05, 0) is 49.4 Å². The van der Waals surface area contributed by atoms with E-state index in [4.69, 9.17) is 37.0 Å². The number of carbonyl (C=O) groups excluding carboxylic acids is 4. The standard InChI is InChI=1S/C66H128O17P2/c1-9-59(8)45-37-29-23-25-33-41-49-66(71)83-62(53-77-64(69)47-39-31-24-22-28-36-44-58(6)7)55-81-85(74,75)79-51-60(67)50-78-84(72,73)80-54-61(52-76-63(68)46-38-30-20-17-13-15-19-27-35-43-57(4)5)82-65(70)48-40-32-21-16-12-10-11-14-18-26-34-42-56(2)3/h56-62,67H,9-55H2,1-8H3,(H,72,73)(H,74,75)/t59?,60-,61-,62-/m1/s1. The predicted molar refractivity (Wildman–Crippen MR) is 340 cm³/mol. The Balaban J connectivity index is 5.25. The molecule has 0 aliphatic carbocycles. The van der Waals surface area contributed by atoms with Crippen LogP contribution in [0.4, 0.5) is 0 Å². The van der Waals surface area contributed by atoms with Crippen molar-refractivity contribution in [3.63, 3.8) is 0 Å². The highest BCUT2D eigenvalue weighted by Crippen LogP contribution is 2.45. The van der Waals surface area contributed by atoms with Crippen molar-refractivity contribution in [3.05, 3.63) is 0 Å². The minimum absolute atomic E-state index is 0.101. The molecule has 0 radical (unpaired) electrons. The second-order valence-electron chi connectivity index (χ2n) is 25.5. The molecule has 0 aliphatic rings. The molecule has 3 unspecified atom stereocenters. The van der Waals surface area contributed by atoms with Crippen LogP contribution >= 0.6 is 15.6 Å². The average Bonchev–Trinajstić information content (AvgIpc) is 3.47. The molecule has 504 valence electrons. The van der Waals surface area contributed by atoms with Crippen LogP contribution in [-0.4, -0.2) is 96.7 Å². The van der Waals surface area contributed by atoms with Gasteiger partial charge in [0.1, 0.15) is 19.3 Å². The molecule has 19 heteroatoms. The number of hydrogen-bond donors (Lipinski definition) is 3. The van der Waals surface area contributed by atoms with E-state index < -0.39 is 97.5 Å². The molecule has 0 heterocycles. The zero-order chi connectivity index (χ0) is 63.2. The Bertz CT molecular complexity index is 1700. The minimum Gasteiger partial charge on any atom is -0.462 e. The number of hydrogen-bond acceptors (Lipinski definition) is 15. The van der Waals surface area contributed by atoms with Gasteiger partial charge < -0.3 is 33.8 Å². The van der Waals surface area contributed by atoms with Gasteiger partial charge in [0.25, 0.3) is 0 Å². The Morgan fingerprint density at radius 3 is 0.835 bits per heavy atom. The number of aliphatic hydroxyl groups is 1. The van der Waals surface area contributed by atoms with Gasteiger partial charge in [-0.25, -0.2) is 9.13 Å². The average molecular weight is 1260 g/mol. The summed E-state index contributed by atoms with van der Waals surface area (Å²) in [6.07, 6.45) is 36.4. The topological polar surface area (TPSA) is 237 Å². The van der Waals surface area contributed by atoms with Gasteiger partial charge in [-0.2, -0.15) is 0 Å². The van der Waals surface area contributed by atoms with Gasteiger partial charge in [0, 0.05) is 25.7 Å². The number of ether oxygens (including phenoxy) is 4. The maximum Gasteiger partial charge on any atom is 0.472 e. The monoisotopic (exact) mass is 1250 g/mol. The Hall–Kier alpha value is -1.94. The number of phosphoric acid groups is 2. The van der Waals surface area contributed by atoms with Crippen molar-refractivity contribution in [1.82, 2.24) is 0 Å². The zero-order valence-corrected chi connectivity index (χ0v) is 57.0. The van der Waals surface area contributed by atoms with Gasteiger partial charge >= 0.3 is 39.5 Å². The van der Waals surface area contributed by atoms with Crippen molar-refractivity contribution < 1.29 is 80.2 Å². The highest BCUT2D eigenvalue weighted by atomic mass is 31.2. The maximum absolute atomic E-state index is 13.0. The third-order valence-corrected chi connectivity index (χ3v) is 17.3. The third-order valence-electron chi connectivity index (χ3n) is 15.4. The van der Waals surface area contributed by atoms with Crippen LogP contribution in [0.25, 0.3) is 0 Å². The van der Waals surface area contributed by atoms with E-state index in [1.54, 1.807) is 0 Å². The van der Waals surface area contributed by atoms with Crippen molar-refractivity contribution in [2.45, 2.75) is 337 Å². The number of esters is 4.